The zero-order valence-electron chi connectivity index (χ0n) is 18.6. The summed E-state index contributed by atoms with van der Waals surface area (Å²) in [7, 11) is 1.45. The maximum atomic E-state index is 12.1. The second-order valence-electron chi connectivity index (χ2n) is 7.89. The first kappa shape index (κ1) is 26.2. The number of hydrogen-bond acceptors (Lipinski definition) is 5. The summed E-state index contributed by atoms with van der Waals surface area (Å²) in [6, 6.07) is 8.06. The van der Waals surface area contributed by atoms with Gasteiger partial charge in [-0.15, -0.1) is 24.0 Å². The number of ether oxygens (including phenoxy) is 2. The van der Waals surface area contributed by atoms with Gasteiger partial charge < -0.3 is 19.7 Å². The lowest BCUT2D eigenvalue weighted by Crippen LogP contribution is -2.43. The lowest BCUT2D eigenvalue weighted by atomic mass is 9.99. The number of benzene rings is 1. The highest BCUT2D eigenvalue weighted by Crippen LogP contribution is 2.29. The Morgan fingerprint density at radius 3 is 2.68 bits per heavy atom. The highest BCUT2D eigenvalue weighted by Gasteiger charge is 2.37. The fraction of sp³-hybridized carbons (Fsp3) is 0.636. The number of carbonyl (C=O) groups excluding carboxylic acids is 1. The summed E-state index contributed by atoms with van der Waals surface area (Å²) in [5, 5.41) is 4.15. The van der Waals surface area contributed by atoms with Crippen LogP contribution in [0.25, 0.3) is 0 Å². The SMILES string of the molecule is CCNC(=NCC(c1ccccc1Cl)N1CCOCC1)N1CC(C)C(C(=O)OC)C1.I. The summed E-state index contributed by atoms with van der Waals surface area (Å²) in [4.78, 5) is 21.6. The van der Waals surface area contributed by atoms with Crippen LogP contribution in [0.1, 0.15) is 25.5 Å². The third kappa shape index (κ3) is 6.69. The standard InChI is InChI=1S/C22H33ClN4O3.HI/c1-4-24-22(27-14-16(2)18(15-27)21(28)29-3)25-13-20(26-9-11-30-12-10-26)17-7-5-6-8-19(17)23;/h5-8,16,18,20H,4,9-15H2,1-3H3,(H,24,25);1H. The molecule has 0 spiro atoms. The van der Waals surface area contributed by atoms with Gasteiger partial charge in [-0.1, -0.05) is 36.7 Å². The Hall–Kier alpha value is -1.10. The van der Waals surface area contributed by atoms with Crippen molar-refractivity contribution in [3.63, 3.8) is 0 Å². The number of halogens is 2. The van der Waals surface area contributed by atoms with Gasteiger partial charge in [0.05, 0.1) is 38.8 Å². The number of esters is 1. The van der Waals surface area contributed by atoms with E-state index in [9.17, 15) is 4.79 Å². The largest absolute Gasteiger partial charge is 0.469 e. The van der Waals surface area contributed by atoms with Crippen molar-refractivity contribution < 1.29 is 14.3 Å². The molecule has 2 heterocycles. The van der Waals surface area contributed by atoms with E-state index in [1.807, 2.05) is 18.2 Å². The lowest BCUT2D eigenvalue weighted by Gasteiger charge is -2.34. The molecule has 1 aromatic rings. The van der Waals surface area contributed by atoms with E-state index in [1.54, 1.807) is 0 Å². The molecule has 174 valence electrons. The van der Waals surface area contributed by atoms with E-state index in [4.69, 9.17) is 26.1 Å². The van der Waals surface area contributed by atoms with Crippen molar-refractivity contribution in [2.75, 3.05) is 59.6 Å². The number of nitrogens with one attached hydrogen (secondary N) is 1. The minimum Gasteiger partial charge on any atom is -0.469 e. The molecule has 2 fully saturated rings. The number of hydrogen-bond donors (Lipinski definition) is 1. The molecule has 2 aliphatic rings. The van der Waals surface area contributed by atoms with Crippen molar-refractivity contribution in [1.29, 1.82) is 0 Å². The van der Waals surface area contributed by atoms with Crippen molar-refractivity contribution in [2.45, 2.75) is 19.9 Å². The molecule has 2 aliphatic heterocycles. The molecule has 0 saturated carbocycles. The average molecular weight is 565 g/mol. The summed E-state index contributed by atoms with van der Waals surface area (Å²) in [5.41, 5.74) is 1.09. The first-order chi connectivity index (χ1) is 14.5. The zero-order chi connectivity index (χ0) is 21.5. The maximum Gasteiger partial charge on any atom is 0.310 e. The van der Waals surface area contributed by atoms with Crippen LogP contribution in [0, 0.1) is 11.8 Å². The molecule has 3 atom stereocenters. The minimum atomic E-state index is -0.150. The summed E-state index contributed by atoms with van der Waals surface area (Å²) < 4.78 is 10.5. The summed E-state index contributed by atoms with van der Waals surface area (Å²) in [5.74, 6) is 0.779. The number of aliphatic imine (C=N–C) groups is 1. The fourth-order valence-electron chi connectivity index (χ4n) is 4.24. The molecule has 0 aromatic heterocycles. The Labute approximate surface area is 207 Å². The first-order valence-corrected chi connectivity index (χ1v) is 11.1. The highest BCUT2D eigenvalue weighted by molar-refractivity contribution is 14.0. The predicted molar refractivity (Wildman–Crippen MR) is 134 cm³/mol. The van der Waals surface area contributed by atoms with E-state index >= 15 is 0 Å². The van der Waals surface area contributed by atoms with E-state index in [-0.39, 0.29) is 47.8 Å². The second kappa shape index (κ2) is 12.8. The van der Waals surface area contributed by atoms with Gasteiger partial charge in [0.25, 0.3) is 0 Å². The van der Waals surface area contributed by atoms with Crippen LogP contribution in [0.5, 0.6) is 0 Å². The number of methoxy groups -OCH3 is 1. The maximum absolute atomic E-state index is 12.1. The Kier molecular flexibility index (Phi) is 10.8. The number of likely N-dealkylation sites (tertiary alicyclic amines) is 1. The Balaban J connectivity index is 0.00000341. The molecule has 0 radical (unpaired) electrons. The second-order valence-corrected chi connectivity index (χ2v) is 8.30. The fourth-order valence-corrected chi connectivity index (χ4v) is 4.50. The van der Waals surface area contributed by atoms with Crippen LogP contribution in [0.4, 0.5) is 0 Å². The molecule has 0 aliphatic carbocycles. The van der Waals surface area contributed by atoms with E-state index in [0.29, 0.717) is 13.1 Å². The van der Waals surface area contributed by atoms with E-state index in [2.05, 4.69) is 35.0 Å². The molecule has 7 nitrogen and oxygen atoms in total. The van der Waals surface area contributed by atoms with Crippen LogP contribution in [0.3, 0.4) is 0 Å². The van der Waals surface area contributed by atoms with Gasteiger partial charge >= 0.3 is 5.97 Å². The zero-order valence-corrected chi connectivity index (χ0v) is 21.6. The topological polar surface area (TPSA) is 66.4 Å². The van der Waals surface area contributed by atoms with Crippen LogP contribution in [0.2, 0.25) is 5.02 Å². The summed E-state index contributed by atoms with van der Waals surface area (Å²) in [6.07, 6.45) is 0. The molecule has 3 rings (SSSR count). The first-order valence-electron chi connectivity index (χ1n) is 10.7. The van der Waals surface area contributed by atoms with Crippen LogP contribution in [0.15, 0.2) is 29.3 Å². The van der Waals surface area contributed by atoms with E-state index < -0.39 is 0 Å². The summed E-state index contributed by atoms with van der Waals surface area (Å²) in [6.45, 7) is 10.0. The van der Waals surface area contributed by atoms with Crippen LogP contribution in [-0.4, -0.2) is 81.3 Å². The van der Waals surface area contributed by atoms with E-state index in [0.717, 1.165) is 55.9 Å². The number of morpholine rings is 1. The molecule has 1 N–H and O–H groups in total. The minimum absolute atomic E-state index is 0. The molecule has 3 unspecified atom stereocenters. The van der Waals surface area contributed by atoms with Gasteiger partial charge in [0.15, 0.2) is 5.96 Å². The van der Waals surface area contributed by atoms with Crippen molar-refractivity contribution in [2.24, 2.45) is 16.8 Å². The highest BCUT2D eigenvalue weighted by atomic mass is 127. The summed E-state index contributed by atoms with van der Waals surface area (Å²) >= 11 is 6.55. The number of nitrogens with zero attached hydrogens (tertiary/aromatic N) is 3. The van der Waals surface area contributed by atoms with E-state index in [1.165, 1.54) is 7.11 Å². The van der Waals surface area contributed by atoms with Crippen molar-refractivity contribution in [3.8, 4) is 0 Å². The quantitative estimate of drug-likeness (QED) is 0.248. The van der Waals surface area contributed by atoms with Gasteiger partial charge in [-0.25, -0.2) is 0 Å². The van der Waals surface area contributed by atoms with Gasteiger partial charge in [0, 0.05) is 37.7 Å². The molecule has 0 amide bonds. The van der Waals surface area contributed by atoms with Crippen molar-refractivity contribution in [1.82, 2.24) is 15.1 Å². The van der Waals surface area contributed by atoms with Gasteiger partial charge in [0.2, 0.25) is 0 Å². The molecule has 2 saturated heterocycles. The predicted octanol–water partition coefficient (Wildman–Crippen LogP) is 3.04. The monoisotopic (exact) mass is 564 g/mol. The van der Waals surface area contributed by atoms with Gasteiger partial charge in [-0.3, -0.25) is 14.7 Å². The number of rotatable bonds is 6. The van der Waals surface area contributed by atoms with Crippen molar-refractivity contribution >= 4 is 47.5 Å². The Morgan fingerprint density at radius 2 is 2.03 bits per heavy atom. The number of carbonyl (C=O) groups is 1. The third-order valence-electron chi connectivity index (χ3n) is 5.92. The van der Waals surface area contributed by atoms with Crippen LogP contribution < -0.4 is 5.32 Å². The molecule has 9 heteroatoms. The molecular weight excluding hydrogens is 531 g/mol. The smallest absolute Gasteiger partial charge is 0.310 e. The number of guanidine groups is 1. The molecular formula is C22H34ClIN4O3. The van der Waals surface area contributed by atoms with Gasteiger partial charge in [0.1, 0.15) is 0 Å². The normalized spacial score (nSPS) is 23.2. The Bertz CT molecular complexity index is 745. The van der Waals surface area contributed by atoms with Crippen LogP contribution >= 0.6 is 35.6 Å². The molecule has 0 bridgehead atoms. The van der Waals surface area contributed by atoms with Gasteiger partial charge in [-0.2, -0.15) is 0 Å². The van der Waals surface area contributed by atoms with Crippen molar-refractivity contribution in [3.05, 3.63) is 34.9 Å². The van der Waals surface area contributed by atoms with Crippen LogP contribution in [-0.2, 0) is 14.3 Å². The molecule has 1 aromatic carbocycles. The average Bonchev–Trinajstić information content (AvgIpc) is 3.16. The Morgan fingerprint density at radius 1 is 1.32 bits per heavy atom. The molecule has 31 heavy (non-hydrogen) atoms. The van der Waals surface area contributed by atoms with Gasteiger partial charge in [-0.05, 0) is 24.5 Å². The third-order valence-corrected chi connectivity index (χ3v) is 6.26. The lowest BCUT2D eigenvalue weighted by molar-refractivity contribution is -0.145.